The normalized spacial score (nSPS) is 13.1. The maximum absolute atomic E-state index is 12.7. The molecule has 8 heteroatoms. The Hall–Kier alpha value is -2.35. The predicted molar refractivity (Wildman–Crippen MR) is 91.5 cm³/mol. The lowest BCUT2D eigenvalue weighted by atomic mass is 10.0. The number of carbonyl (C=O) groups excluding carboxylic acids is 1. The molecule has 1 amide bonds. The molecule has 2 N–H and O–H groups in total. The van der Waals surface area contributed by atoms with Crippen molar-refractivity contribution in [2.75, 3.05) is 7.05 Å². The van der Waals surface area contributed by atoms with Crippen molar-refractivity contribution in [1.82, 2.24) is 15.8 Å². The zero-order valence-corrected chi connectivity index (χ0v) is 15.1. The molecule has 1 heterocycles. The Morgan fingerprint density at radius 3 is 2.31 bits per heavy atom. The van der Waals surface area contributed by atoms with Crippen LogP contribution in [0.2, 0.25) is 0 Å². The van der Waals surface area contributed by atoms with E-state index in [0.29, 0.717) is 17.7 Å². The van der Waals surface area contributed by atoms with Crippen LogP contribution in [-0.4, -0.2) is 24.2 Å². The van der Waals surface area contributed by atoms with Gasteiger partial charge in [-0.15, -0.1) is 0 Å². The highest BCUT2D eigenvalue weighted by atomic mass is 19.4. The van der Waals surface area contributed by atoms with Crippen molar-refractivity contribution in [2.45, 2.75) is 39.5 Å². The molecule has 142 valence electrons. The van der Waals surface area contributed by atoms with Crippen LogP contribution in [0.4, 0.5) is 13.2 Å². The number of aromatic nitrogens is 1. The van der Waals surface area contributed by atoms with Crippen LogP contribution >= 0.6 is 0 Å². The molecular formula is C18H22F3N3O2. The summed E-state index contributed by atoms with van der Waals surface area (Å²) < 4.78 is 43.5. The van der Waals surface area contributed by atoms with E-state index in [1.165, 1.54) is 12.1 Å². The molecule has 26 heavy (non-hydrogen) atoms. The van der Waals surface area contributed by atoms with Gasteiger partial charge in [-0.1, -0.05) is 31.1 Å². The molecule has 1 aromatic carbocycles. The predicted octanol–water partition coefficient (Wildman–Crippen LogP) is 3.85. The van der Waals surface area contributed by atoms with Gasteiger partial charge in [0, 0.05) is 23.7 Å². The molecule has 0 saturated heterocycles. The summed E-state index contributed by atoms with van der Waals surface area (Å²) in [5, 5.41) is 9.62. The molecule has 0 aliphatic carbocycles. The minimum absolute atomic E-state index is 0.0591. The average Bonchev–Trinajstić information content (AvgIpc) is 2.98. The molecule has 0 aliphatic rings. The average molecular weight is 369 g/mol. The Bertz CT molecular complexity index is 752. The zero-order valence-electron chi connectivity index (χ0n) is 15.1. The van der Waals surface area contributed by atoms with E-state index in [-0.39, 0.29) is 29.3 Å². The summed E-state index contributed by atoms with van der Waals surface area (Å²) in [5.41, 5.74) is 0.300. The molecule has 1 aromatic heterocycles. The van der Waals surface area contributed by atoms with Crippen molar-refractivity contribution in [3.05, 3.63) is 41.1 Å². The fraction of sp³-hybridized carbons (Fsp3) is 0.444. The van der Waals surface area contributed by atoms with Crippen molar-refractivity contribution in [3.63, 3.8) is 0 Å². The minimum Gasteiger partial charge on any atom is -0.355 e. The first kappa shape index (κ1) is 20.0. The van der Waals surface area contributed by atoms with Gasteiger partial charge in [-0.2, -0.15) is 13.2 Å². The van der Waals surface area contributed by atoms with Gasteiger partial charge in [0.15, 0.2) is 11.5 Å². The molecule has 2 aromatic rings. The Balaban J connectivity index is 2.35. The lowest BCUT2D eigenvalue weighted by molar-refractivity contribution is -0.137. The summed E-state index contributed by atoms with van der Waals surface area (Å²) in [6.07, 6.45) is -4.41. The van der Waals surface area contributed by atoms with Gasteiger partial charge in [-0.25, -0.2) is 0 Å². The molecule has 0 radical (unpaired) electrons. The lowest BCUT2D eigenvalue weighted by Crippen LogP contribution is -2.36. The van der Waals surface area contributed by atoms with Gasteiger partial charge in [-0.05, 0) is 32.0 Å². The van der Waals surface area contributed by atoms with E-state index in [1.807, 2.05) is 20.8 Å². The number of carbonyl (C=O) groups is 1. The van der Waals surface area contributed by atoms with E-state index in [9.17, 15) is 18.0 Å². The van der Waals surface area contributed by atoms with Crippen LogP contribution in [0.1, 0.15) is 42.4 Å². The highest BCUT2D eigenvalue weighted by Gasteiger charge is 2.30. The zero-order chi connectivity index (χ0) is 19.5. The molecular weight excluding hydrogens is 347 g/mol. The second-order valence-corrected chi connectivity index (χ2v) is 6.45. The minimum atomic E-state index is -4.41. The Morgan fingerprint density at radius 1 is 1.19 bits per heavy atom. The molecule has 5 nitrogen and oxygen atoms in total. The van der Waals surface area contributed by atoms with Gasteiger partial charge >= 0.3 is 6.18 Å². The topological polar surface area (TPSA) is 67.2 Å². The number of halogens is 3. The first-order chi connectivity index (χ1) is 12.1. The van der Waals surface area contributed by atoms with Crippen LogP contribution in [0.15, 0.2) is 28.8 Å². The Kier molecular flexibility index (Phi) is 6.07. The summed E-state index contributed by atoms with van der Waals surface area (Å²) >= 11 is 0. The molecule has 0 unspecified atom stereocenters. The number of rotatable bonds is 6. The van der Waals surface area contributed by atoms with Crippen molar-refractivity contribution >= 4 is 5.91 Å². The maximum Gasteiger partial charge on any atom is 0.416 e. The van der Waals surface area contributed by atoms with Crippen molar-refractivity contribution in [3.8, 4) is 11.3 Å². The second-order valence-electron chi connectivity index (χ2n) is 6.45. The number of benzene rings is 1. The third-order valence-electron chi connectivity index (χ3n) is 4.19. The second kappa shape index (κ2) is 7.90. The van der Waals surface area contributed by atoms with E-state index >= 15 is 0 Å². The van der Waals surface area contributed by atoms with Gasteiger partial charge in [0.2, 0.25) is 0 Å². The molecule has 2 rings (SSSR count). The molecule has 0 fully saturated rings. The molecule has 0 bridgehead atoms. The number of amides is 1. The highest BCUT2D eigenvalue weighted by molar-refractivity contribution is 5.95. The van der Waals surface area contributed by atoms with Gasteiger partial charge in [0.1, 0.15) is 0 Å². The number of hydrogen-bond donors (Lipinski definition) is 2. The lowest BCUT2D eigenvalue weighted by Gasteiger charge is -2.16. The first-order valence-corrected chi connectivity index (χ1v) is 8.26. The number of alkyl halides is 3. The van der Waals surface area contributed by atoms with Gasteiger partial charge < -0.3 is 15.2 Å². The third-order valence-corrected chi connectivity index (χ3v) is 4.19. The SMILES string of the molecule is CNCc1c(C(=O)N[C@@H](C)C(C)C)noc1-c1ccc(C(F)(F)F)cc1. The smallest absolute Gasteiger partial charge is 0.355 e. The van der Waals surface area contributed by atoms with Crippen LogP contribution in [0.25, 0.3) is 11.3 Å². The fourth-order valence-corrected chi connectivity index (χ4v) is 2.31. The first-order valence-electron chi connectivity index (χ1n) is 8.26. The van der Waals surface area contributed by atoms with Crippen LogP contribution in [-0.2, 0) is 12.7 Å². The molecule has 0 saturated carbocycles. The van der Waals surface area contributed by atoms with Gasteiger partial charge in [0.05, 0.1) is 5.56 Å². The van der Waals surface area contributed by atoms with Gasteiger partial charge in [0.25, 0.3) is 5.91 Å². The summed E-state index contributed by atoms with van der Waals surface area (Å²) in [6.45, 7) is 6.14. The summed E-state index contributed by atoms with van der Waals surface area (Å²) in [6, 6.07) is 4.50. The highest BCUT2D eigenvalue weighted by Crippen LogP contribution is 2.32. The Morgan fingerprint density at radius 2 is 1.81 bits per heavy atom. The van der Waals surface area contributed by atoms with E-state index in [2.05, 4.69) is 15.8 Å². The summed E-state index contributed by atoms with van der Waals surface area (Å²) in [4.78, 5) is 12.5. The number of hydrogen-bond acceptors (Lipinski definition) is 4. The quantitative estimate of drug-likeness (QED) is 0.812. The van der Waals surface area contributed by atoms with E-state index in [1.54, 1.807) is 7.05 Å². The molecule has 1 atom stereocenters. The fourth-order valence-electron chi connectivity index (χ4n) is 2.31. The largest absolute Gasteiger partial charge is 0.416 e. The van der Waals surface area contributed by atoms with Crippen molar-refractivity contribution < 1.29 is 22.5 Å². The standard InChI is InChI=1S/C18H22F3N3O2/c1-10(2)11(3)23-17(25)15-14(9-22-4)16(26-24-15)12-5-7-13(8-6-12)18(19,20)21/h5-8,10-11,22H,9H2,1-4H3,(H,23,25)/t11-/m0/s1. The van der Waals surface area contributed by atoms with E-state index < -0.39 is 11.7 Å². The van der Waals surface area contributed by atoms with Crippen molar-refractivity contribution in [1.29, 1.82) is 0 Å². The molecule has 0 spiro atoms. The monoisotopic (exact) mass is 369 g/mol. The number of nitrogens with one attached hydrogen (secondary N) is 2. The van der Waals surface area contributed by atoms with E-state index in [0.717, 1.165) is 12.1 Å². The molecule has 0 aliphatic heterocycles. The van der Waals surface area contributed by atoms with Crippen LogP contribution < -0.4 is 10.6 Å². The third kappa shape index (κ3) is 4.43. The van der Waals surface area contributed by atoms with Crippen LogP contribution in [0, 0.1) is 5.92 Å². The van der Waals surface area contributed by atoms with Crippen LogP contribution in [0.3, 0.4) is 0 Å². The maximum atomic E-state index is 12.7. The Labute approximate surface area is 149 Å². The summed E-state index contributed by atoms with van der Waals surface area (Å²) in [5.74, 6) is 0.141. The van der Waals surface area contributed by atoms with E-state index in [4.69, 9.17) is 4.52 Å². The van der Waals surface area contributed by atoms with Crippen LogP contribution in [0.5, 0.6) is 0 Å². The van der Waals surface area contributed by atoms with Gasteiger partial charge in [-0.3, -0.25) is 4.79 Å². The number of nitrogens with zero attached hydrogens (tertiary/aromatic N) is 1. The summed E-state index contributed by atoms with van der Waals surface area (Å²) in [7, 11) is 1.70. The van der Waals surface area contributed by atoms with Crippen molar-refractivity contribution in [2.24, 2.45) is 5.92 Å².